The number of ether oxygens (including phenoxy) is 1. The van der Waals surface area contributed by atoms with Crippen molar-refractivity contribution in [2.24, 2.45) is 0 Å². The van der Waals surface area contributed by atoms with Crippen molar-refractivity contribution in [3.63, 3.8) is 0 Å². The van der Waals surface area contributed by atoms with Gasteiger partial charge in [0.05, 0.1) is 15.7 Å². The van der Waals surface area contributed by atoms with E-state index in [9.17, 15) is 4.79 Å². The Morgan fingerprint density at radius 3 is 2.73 bits per heavy atom. The highest BCUT2D eigenvalue weighted by atomic mass is 35.5. The quantitative estimate of drug-likeness (QED) is 0.762. The van der Waals surface area contributed by atoms with E-state index in [0.717, 1.165) is 0 Å². The van der Waals surface area contributed by atoms with Crippen LogP contribution in [0.3, 0.4) is 0 Å². The highest BCUT2D eigenvalue weighted by Crippen LogP contribution is 2.38. The monoisotopic (exact) mass is 245 g/mol. The molecule has 80 valence electrons. The molecule has 0 aliphatic carbocycles. The van der Waals surface area contributed by atoms with Crippen LogP contribution < -0.4 is 9.64 Å². The minimum atomic E-state index is -0.0663. The number of likely N-dealkylation sites (N-methyl/N-ethyl adjacent to an activating group) is 1. The third-order valence-electron chi connectivity index (χ3n) is 2.26. The van der Waals surface area contributed by atoms with E-state index in [1.165, 1.54) is 0 Å². The summed E-state index contributed by atoms with van der Waals surface area (Å²) in [4.78, 5) is 13.1. The summed E-state index contributed by atoms with van der Waals surface area (Å²) in [5.41, 5.74) is 0.683. The number of benzene rings is 1. The molecule has 1 heterocycles. The van der Waals surface area contributed by atoms with E-state index in [1.807, 2.05) is 6.92 Å². The van der Waals surface area contributed by atoms with Crippen molar-refractivity contribution >= 4 is 34.8 Å². The number of nitrogens with zero attached hydrogens (tertiary/aromatic N) is 1. The minimum Gasteiger partial charge on any atom is -0.482 e. The van der Waals surface area contributed by atoms with Crippen LogP contribution in [0, 0.1) is 0 Å². The number of halogens is 2. The van der Waals surface area contributed by atoms with Crippen LogP contribution in [0.1, 0.15) is 6.92 Å². The second-order valence-corrected chi connectivity index (χ2v) is 3.98. The number of hydrogen-bond acceptors (Lipinski definition) is 2. The summed E-state index contributed by atoms with van der Waals surface area (Å²) in [7, 11) is 0. The molecular formula is C10H9Cl2NO2. The lowest BCUT2D eigenvalue weighted by molar-refractivity contribution is -0.121. The van der Waals surface area contributed by atoms with Crippen LogP contribution in [0.2, 0.25) is 10.0 Å². The van der Waals surface area contributed by atoms with Crippen LogP contribution >= 0.6 is 23.2 Å². The topological polar surface area (TPSA) is 29.5 Å². The molecule has 1 aliphatic rings. The molecule has 1 aliphatic heterocycles. The van der Waals surface area contributed by atoms with E-state index < -0.39 is 0 Å². The predicted octanol–water partition coefficient (Wildman–Crippen LogP) is 2.74. The molecule has 1 aromatic rings. The van der Waals surface area contributed by atoms with E-state index in [0.29, 0.717) is 28.0 Å². The Morgan fingerprint density at radius 1 is 1.40 bits per heavy atom. The smallest absolute Gasteiger partial charge is 0.265 e. The Labute approximate surface area is 97.5 Å². The van der Waals surface area contributed by atoms with E-state index in [4.69, 9.17) is 27.9 Å². The maximum atomic E-state index is 11.5. The third-order valence-corrected chi connectivity index (χ3v) is 2.98. The van der Waals surface area contributed by atoms with Gasteiger partial charge in [-0.2, -0.15) is 0 Å². The van der Waals surface area contributed by atoms with Gasteiger partial charge >= 0.3 is 0 Å². The molecule has 0 N–H and O–H groups in total. The van der Waals surface area contributed by atoms with Gasteiger partial charge in [-0.1, -0.05) is 23.2 Å². The molecule has 0 atom stereocenters. The van der Waals surface area contributed by atoms with Crippen LogP contribution in [0.15, 0.2) is 12.1 Å². The van der Waals surface area contributed by atoms with Crippen molar-refractivity contribution in [2.45, 2.75) is 6.92 Å². The van der Waals surface area contributed by atoms with Gasteiger partial charge in [0, 0.05) is 12.6 Å². The fourth-order valence-electron chi connectivity index (χ4n) is 1.54. The van der Waals surface area contributed by atoms with E-state index in [1.54, 1.807) is 17.0 Å². The molecule has 0 aromatic heterocycles. The van der Waals surface area contributed by atoms with Crippen LogP contribution in [0.25, 0.3) is 0 Å². The summed E-state index contributed by atoms with van der Waals surface area (Å²) in [5, 5.41) is 0.855. The van der Waals surface area contributed by atoms with Crippen molar-refractivity contribution in [3.05, 3.63) is 22.2 Å². The Bertz CT molecular complexity index is 420. The first-order valence-electron chi connectivity index (χ1n) is 4.55. The van der Waals surface area contributed by atoms with Crippen molar-refractivity contribution in [1.29, 1.82) is 0 Å². The molecule has 1 aromatic carbocycles. The van der Waals surface area contributed by atoms with Crippen molar-refractivity contribution in [1.82, 2.24) is 0 Å². The second-order valence-electron chi connectivity index (χ2n) is 3.16. The molecule has 2 rings (SSSR count). The number of fused-ring (bicyclic) bond motifs is 1. The molecule has 0 unspecified atom stereocenters. The predicted molar refractivity (Wildman–Crippen MR) is 60.0 cm³/mol. The van der Waals surface area contributed by atoms with E-state index in [-0.39, 0.29) is 12.5 Å². The maximum absolute atomic E-state index is 11.5. The van der Waals surface area contributed by atoms with Gasteiger partial charge in [-0.3, -0.25) is 4.79 Å². The molecule has 0 saturated heterocycles. The fraction of sp³-hybridized carbons (Fsp3) is 0.300. The van der Waals surface area contributed by atoms with Gasteiger partial charge < -0.3 is 9.64 Å². The zero-order valence-electron chi connectivity index (χ0n) is 8.09. The molecule has 0 saturated carbocycles. The molecule has 15 heavy (non-hydrogen) atoms. The Balaban J connectivity index is 2.53. The van der Waals surface area contributed by atoms with Crippen LogP contribution in [0.4, 0.5) is 5.69 Å². The number of amides is 1. The van der Waals surface area contributed by atoms with Gasteiger partial charge in [0.25, 0.3) is 5.91 Å². The van der Waals surface area contributed by atoms with Crippen molar-refractivity contribution in [3.8, 4) is 5.75 Å². The van der Waals surface area contributed by atoms with Crippen LogP contribution in [-0.2, 0) is 4.79 Å². The normalized spacial score (nSPS) is 14.9. The van der Waals surface area contributed by atoms with E-state index in [2.05, 4.69) is 0 Å². The largest absolute Gasteiger partial charge is 0.482 e. The fourth-order valence-corrected chi connectivity index (χ4v) is 1.85. The summed E-state index contributed by atoms with van der Waals surface area (Å²) in [5.74, 6) is 0.536. The molecule has 1 amide bonds. The molecule has 0 spiro atoms. The van der Waals surface area contributed by atoms with Crippen LogP contribution in [-0.4, -0.2) is 19.1 Å². The Morgan fingerprint density at radius 2 is 2.07 bits per heavy atom. The lowest BCUT2D eigenvalue weighted by Gasteiger charge is -2.28. The number of anilines is 1. The van der Waals surface area contributed by atoms with Gasteiger partial charge in [0.15, 0.2) is 6.61 Å². The number of carbonyl (C=O) groups is 1. The second kappa shape index (κ2) is 3.91. The first-order valence-corrected chi connectivity index (χ1v) is 5.31. The summed E-state index contributed by atoms with van der Waals surface area (Å²) in [6.07, 6.45) is 0. The summed E-state index contributed by atoms with van der Waals surface area (Å²) in [6, 6.07) is 3.29. The Kier molecular flexibility index (Phi) is 2.76. The van der Waals surface area contributed by atoms with Gasteiger partial charge in [0.1, 0.15) is 5.75 Å². The zero-order chi connectivity index (χ0) is 11.0. The highest BCUT2D eigenvalue weighted by Gasteiger charge is 2.25. The van der Waals surface area contributed by atoms with Gasteiger partial charge in [-0.05, 0) is 13.0 Å². The molecule has 0 fully saturated rings. The molecule has 0 radical (unpaired) electrons. The molecule has 0 bridgehead atoms. The number of hydrogen-bond donors (Lipinski definition) is 0. The summed E-state index contributed by atoms with van der Waals surface area (Å²) >= 11 is 11.7. The summed E-state index contributed by atoms with van der Waals surface area (Å²) < 4.78 is 5.27. The SMILES string of the molecule is CCN1C(=O)COc2cc(Cl)c(Cl)cc21. The molecule has 3 nitrogen and oxygen atoms in total. The van der Waals surface area contributed by atoms with Crippen molar-refractivity contribution < 1.29 is 9.53 Å². The van der Waals surface area contributed by atoms with E-state index >= 15 is 0 Å². The maximum Gasteiger partial charge on any atom is 0.265 e. The first kappa shape index (κ1) is 10.6. The standard InChI is InChI=1S/C10H9Cl2NO2/c1-2-13-8-3-6(11)7(12)4-9(8)15-5-10(13)14/h3-4H,2,5H2,1H3. The Hall–Kier alpha value is -0.930. The zero-order valence-corrected chi connectivity index (χ0v) is 9.60. The van der Waals surface area contributed by atoms with Gasteiger partial charge in [0.2, 0.25) is 0 Å². The summed E-state index contributed by atoms with van der Waals surface area (Å²) in [6.45, 7) is 2.54. The molecule has 5 heteroatoms. The number of carbonyl (C=O) groups excluding carboxylic acids is 1. The molecular weight excluding hydrogens is 237 g/mol. The lowest BCUT2D eigenvalue weighted by atomic mass is 10.2. The minimum absolute atomic E-state index is 0.0544. The lowest BCUT2D eigenvalue weighted by Crippen LogP contribution is -2.38. The average molecular weight is 246 g/mol. The number of rotatable bonds is 1. The average Bonchev–Trinajstić information content (AvgIpc) is 2.21. The van der Waals surface area contributed by atoms with Gasteiger partial charge in [-0.15, -0.1) is 0 Å². The van der Waals surface area contributed by atoms with Crippen LogP contribution in [0.5, 0.6) is 5.75 Å². The van der Waals surface area contributed by atoms with Gasteiger partial charge in [-0.25, -0.2) is 0 Å². The highest BCUT2D eigenvalue weighted by molar-refractivity contribution is 6.42. The van der Waals surface area contributed by atoms with Crippen molar-refractivity contribution in [2.75, 3.05) is 18.1 Å². The third kappa shape index (κ3) is 1.77. The first-order chi connectivity index (χ1) is 7.13.